The second-order valence-corrected chi connectivity index (χ2v) is 6.34. The van der Waals surface area contributed by atoms with Crippen LogP contribution in [-0.4, -0.2) is 54.0 Å². The summed E-state index contributed by atoms with van der Waals surface area (Å²) in [6.45, 7) is 5.14. The third kappa shape index (κ3) is 4.66. The van der Waals surface area contributed by atoms with Gasteiger partial charge < -0.3 is 15.0 Å². The molecule has 0 aliphatic carbocycles. The fraction of sp³-hybridized carbons (Fsp3) is 0.562. The summed E-state index contributed by atoms with van der Waals surface area (Å²) in [5.74, 6) is -0.174. The van der Waals surface area contributed by atoms with E-state index in [1.165, 1.54) is 0 Å². The van der Waals surface area contributed by atoms with Crippen LogP contribution in [0.5, 0.6) is 0 Å². The Balaban J connectivity index is 2.22. The molecule has 1 aromatic rings. The van der Waals surface area contributed by atoms with E-state index in [0.29, 0.717) is 19.0 Å². The average molecular weight is 366 g/mol. The molecule has 0 atom stereocenters. The Morgan fingerprint density at radius 3 is 2.46 bits per heavy atom. The third-order valence-electron chi connectivity index (χ3n) is 4.52. The van der Waals surface area contributed by atoms with Crippen molar-refractivity contribution in [1.82, 2.24) is 4.90 Å². The number of esters is 1. The highest BCUT2D eigenvalue weighted by Crippen LogP contribution is 2.33. The number of methoxy groups -OCH3 is 1. The van der Waals surface area contributed by atoms with Crippen LogP contribution < -0.4 is 5.32 Å². The maximum absolute atomic E-state index is 12.0. The molecule has 0 unspecified atom stereocenters. The zero-order valence-corrected chi connectivity index (χ0v) is 14.8. The second-order valence-electron chi connectivity index (χ2n) is 6.34. The van der Waals surface area contributed by atoms with Gasteiger partial charge in [0.15, 0.2) is 0 Å². The van der Waals surface area contributed by atoms with Gasteiger partial charge in [-0.1, -0.05) is 6.92 Å². The van der Waals surface area contributed by atoms with Gasteiger partial charge in [0.1, 0.15) is 5.69 Å². The van der Waals surface area contributed by atoms with Crippen LogP contribution in [-0.2, 0) is 4.74 Å². The lowest BCUT2D eigenvalue weighted by atomic mass is 9.99. The molecule has 10 heteroatoms. The molecule has 0 aromatic heterocycles. The molecular formula is C16H22N4O6. The molecule has 2 rings (SSSR count). The Morgan fingerprint density at radius 2 is 1.92 bits per heavy atom. The average Bonchev–Trinajstić information content (AvgIpc) is 2.62. The molecule has 1 N–H and O–H groups in total. The monoisotopic (exact) mass is 366 g/mol. The van der Waals surface area contributed by atoms with E-state index in [1.807, 2.05) is 0 Å². The summed E-state index contributed by atoms with van der Waals surface area (Å²) in [6, 6.07) is 1.83. The molecule has 1 aliphatic rings. The lowest BCUT2D eigenvalue weighted by Crippen LogP contribution is -2.36. The van der Waals surface area contributed by atoms with Gasteiger partial charge in [-0.05, 0) is 31.8 Å². The van der Waals surface area contributed by atoms with E-state index >= 15 is 0 Å². The van der Waals surface area contributed by atoms with Crippen molar-refractivity contribution < 1.29 is 19.4 Å². The lowest BCUT2D eigenvalue weighted by Gasteiger charge is -2.30. The summed E-state index contributed by atoms with van der Waals surface area (Å²) >= 11 is 0. The molecule has 26 heavy (non-hydrogen) atoms. The zero-order chi connectivity index (χ0) is 19.3. The number of nitrogens with zero attached hydrogens (tertiary/aromatic N) is 3. The smallest absolute Gasteiger partial charge is 0.340 e. The summed E-state index contributed by atoms with van der Waals surface area (Å²) in [5.41, 5.74) is -1.34. The van der Waals surface area contributed by atoms with Crippen molar-refractivity contribution in [3.63, 3.8) is 0 Å². The van der Waals surface area contributed by atoms with E-state index in [0.717, 1.165) is 45.2 Å². The van der Waals surface area contributed by atoms with E-state index in [-0.39, 0.29) is 11.3 Å². The van der Waals surface area contributed by atoms with Crippen LogP contribution >= 0.6 is 0 Å². The fourth-order valence-corrected chi connectivity index (χ4v) is 2.94. The van der Waals surface area contributed by atoms with Crippen LogP contribution in [0.15, 0.2) is 12.1 Å². The van der Waals surface area contributed by atoms with E-state index < -0.39 is 27.2 Å². The number of non-ortho nitro benzene ring substituents is 1. The summed E-state index contributed by atoms with van der Waals surface area (Å²) in [5, 5.41) is 25.2. The van der Waals surface area contributed by atoms with Gasteiger partial charge in [0, 0.05) is 19.2 Å². The van der Waals surface area contributed by atoms with Gasteiger partial charge in [0.25, 0.3) is 11.4 Å². The number of nitrogens with one attached hydrogen (secondary N) is 1. The number of carbonyl (C=O) groups excluding carboxylic acids is 1. The maximum atomic E-state index is 12.0. The molecule has 1 saturated heterocycles. The Bertz CT molecular complexity index is 700. The van der Waals surface area contributed by atoms with E-state index in [1.54, 1.807) is 0 Å². The molecule has 0 spiro atoms. The van der Waals surface area contributed by atoms with Crippen LogP contribution in [0.2, 0.25) is 0 Å². The molecule has 1 heterocycles. The Kier molecular flexibility index (Phi) is 6.45. The molecule has 1 fully saturated rings. The van der Waals surface area contributed by atoms with Crippen molar-refractivity contribution in [2.75, 3.05) is 38.6 Å². The van der Waals surface area contributed by atoms with Crippen LogP contribution in [0.25, 0.3) is 0 Å². The topological polar surface area (TPSA) is 128 Å². The van der Waals surface area contributed by atoms with E-state index in [9.17, 15) is 25.0 Å². The van der Waals surface area contributed by atoms with Crippen molar-refractivity contribution in [3.8, 4) is 0 Å². The van der Waals surface area contributed by atoms with Crippen LogP contribution in [0, 0.1) is 26.1 Å². The van der Waals surface area contributed by atoms with Gasteiger partial charge in [0.05, 0.1) is 28.6 Å². The number of anilines is 1. The predicted octanol–water partition coefficient (Wildman–Crippen LogP) is 2.43. The first-order chi connectivity index (χ1) is 12.3. The van der Waals surface area contributed by atoms with Crippen molar-refractivity contribution >= 4 is 23.0 Å². The molecule has 0 saturated carbocycles. The number of hydrogen-bond acceptors (Lipinski definition) is 8. The van der Waals surface area contributed by atoms with Gasteiger partial charge in [-0.25, -0.2) is 4.79 Å². The molecule has 1 aromatic carbocycles. The molecule has 1 aliphatic heterocycles. The van der Waals surface area contributed by atoms with Crippen LogP contribution in [0.4, 0.5) is 17.1 Å². The molecule has 142 valence electrons. The minimum absolute atomic E-state index is 0.0576. The maximum Gasteiger partial charge on any atom is 0.340 e. The lowest BCUT2D eigenvalue weighted by molar-refractivity contribution is -0.393. The first-order valence-electron chi connectivity index (χ1n) is 8.34. The number of likely N-dealkylation sites (tertiary alicyclic amines) is 1. The van der Waals surface area contributed by atoms with E-state index in [4.69, 9.17) is 0 Å². The number of nitro benzene ring substituents is 2. The first-order valence-corrected chi connectivity index (χ1v) is 8.34. The Hall–Kier alpha value is -2.75. The number of ether oxygens (including phenoxy) is 1. The van der Waals surface area contributed by atoms with Gasteiger partial charge in [-0.3, -0.25) is 20.2 Å². The highest BCUT2D eigenvalue weighted by Gasteiger charge is 2.28. The predicted molar refractivity (Wildman–Crippen MR) is 94.4 cm³/mol. The minimum Gasteiger partial charge on any atom is -0.465 e. The molecule has 0 bridgehead atoms. The quantitative estimate of drug-likeness (QED) is 0.443. The summed E-state index contributed by atoms with van der Waals surface area (Å²) in [6.07, 6.45) is 2.20. The zero-order valence-electron chi connectivity index (χ0n) is 14.8. The number of benzene rings is 1. The Labute approximate surface area is 150 Å². The summed E-state index contributed by atoms with van der Waals surface area (Å²) in [4.78, 5) is 35.0. The van der Waals surface area contributed by atoms with Gasteiger partial charge in [-0.2, -0.15) is 0 Å². The number of hydrogen-bond donors (Lipinski definition) is 1. The second kappa shape index (κ2) is 8.56. The summed E-state index contributed by atoms with van der Waals surface area (Å²) < 4.78 is 4.62. The first kappa shape index (κ1) is 19.6. The van der Waals surface area contributed by atoms with Gasteiger partial charge in [-0.15, -0.1) is 0 Å². The molecule has 10 nitrogen and oxygen atoms in total. The number of rotatable bonds is 7. The molecule has 0 amide bonds. The number of carbonyl (C=O) groups is 1. The van der Waals surface area contributed by atoms with E-state index in [2.05, 4.69) is 21.9 Å². The number of nitro groups is 2. The van der Waals surface area contributed by atoms with Crippen molar-refractivity contribution in [1.29, 1.82) is 0 Å². The molecular weight excluding hydrogens is 344 g/mol. The summed E-state index contributed by atoms with van der Waals surface area (Å²) in [7, 11) is 1.12. The fourth-order valence-electron chi connectivity index (χ4n) is 2.94. The van der Waals surface area contributed by atoms with Gasteiger partial charge in [0.2, 0.25) is 0 Å². The standard InChI is InChI=1S/C16H22N4O6/c1-11-3-6-18(7-4-11)8-5-17-15-13(16(21)26-2)9-12(19(22)23)10-14(15)20(24)25/h9-11,17H,3-8H2,1-2H3. The van der Waals surface area contributed by atoms with Crippen molar-refractivity contribution in [2.24, 2.45) is 5.92 Å². The van der Waals surface area contributed by atoms with Crippen molar-refractivity contribution in [3.05, 3.63) is 37.9 Å². The largest absolute Gasteiger partial charge is 0.465 e. The Morgan fingerprint density at radius 1 is 1.27 bits per heavy atom. The normalized spacial score (nSPS) is 15.5. The molecule has 0 radical (unpaired) electrons. The minimum atomic E-state index is -0.869. The highest BCUT2D eigenvalue weighted by molar-refractivity contribution is 5.99. The van der Waals surface area contributed by atoms with Crippen LogP contribution in [0.3, 0.4) is 0 Å². The van der Waals surface area contributed by atoms with Crippen molar-refractivity contribution in [2.45, 2.75) is 19.8 Å². The number of piperidine rings is 1. The third-order valence-corrected chi connectivity index (χ3v) is 4.52. The SMILES string of the molecule is COC(=O)c1cc([N+](=O)[O-])cc([N+](=O)[O-])c1NCCN1CCC(C)CC1. The van der Waals surface area contributed by atoms with Crippen LogP contribution in [0.1, 0.15) is 30.1 Å². The highest BCUT2D eigenvalue weighted by atomic mass is 16.6. The van der Waals surface area contributed by atoms with Gasteiger partial charge >= 0.3 is 5.97 Å².